The first-order valence-corrected chi connectivity index (χ1v) is 7.28. The van der Waals surface area contributed by atoms with Crippen LogP contribution in [0, 0.1) is 5.92 Å². The highest BCUT2D eigenvalue weighted by atomic mass is 16.2. The number of hydrogen-bond acceptors (Lipinski definition) is 3. The van der Waals surface area contributed by atoms with Gasteiger partial charge in [0, 0.05) is 19.2 Å². The molecule has 2 heterocycles. The summed E-state index contributed by atoms with van der Waals surface area (Å²) in [6.07, 6.45) is 3.61. The van der Waals surface area contributed by atoms with Gasteiger partial charge in [0.1, 0.15) is 5.82 Å². The van der Waals surface area contributed by atoms with Gasteiger partial charge in [-0.2, -0.15) is 0 Å². The Balaban J connectivity index is 2.14. The Morgan fingerprint density at radius 1 is 1.43 bits per heavy atom. The number of anilines is 1. The van der Waals surface area contributed by atoms with Gasteiger partial charge in [-0.05, 0) is 36.5 Å². The SMILES string of the molecule is CC(C)c1cc(NC(=O)C2CC2)nc2ccn(C)c(=O)c12. The van der Waals surface area contributed by atoms with Crippen molar-refractivity contribution in [1.82, 2.24) is 9.55 Å². The van der Waals surface area contributed by atoms with Crippen LogP contribution in [0.25, 0.3) is 10.9 Å². The molecular weight excluding hydrogens is 266 g/mol. The maximum absolute atomic E-state index is 12.3. The second-order valence-electron chi connectivity index (χ2n) is 6.01. The van der Waals surface area contributed by atoms with Gasteiger partial charge in [0.05, 0.1) is 10.9 Å². The summed E-state index contributed by atoms with van der Waals surface area (Å²) in [6, 6.07) is 3.64. The Bertz CT molecular complexity index is 773. The van der Waals surface area contributed by atoms with Gasteiger partial charge in [-0.15, -0.1) is 0 Å². The fraction of sp³-hybridized carbons (Fsp3) is 0.438. The van der Waals surface area contributed by atoms with Crippen molar-refractivity contribution in [3.05, 3.63) is 34.2 Å². The standard InChI is InChI=1S/C16H19N3O2/c1-9(2)11-8-13(18-15(20)10-4-5-10)17-12-6-7-19(3)16(21)14(11)12/h6-10H,4-5H2,1-3H3,(H,17,18,20). The molecule has 0 aromatic carbocycles. The molecule has 21 heavy (non-hydrogen) atoms. The number of carbonyl (C=O) groups is 1. The zero-order chi connectivity index (χ0) is 15.1. The van der Waals surface area contributed by atoms with Gasteiger partial charge in [0.25, 0.3) is 5.56 Å². The van der Waals surface area contributed by atoms with Gasteiger partial charge < -0.3 is 9.88 Å². The predicted octanol–water partition coefficient (Wildman–Crippen LogP) is 2.41. The molecule has 0 bridgehead atoms. The topological polar surface area (TPSA) is 64.0 Å². The number of hydrogen-bond donors (Lipinski definition) is 1. The first kappa shape index (κ1) is 13.8. The van der Waals surface area contributed by atoms with Crippen LogP contribution in [-0.4, -0.2) is 15.5 Å². The minimum Gasteiger partial charge on any atom is -0.318 e. The quantitative estimate of drug-likeness (QED) is 0.942. The highest BCUT2D eigenvalue weighted by molar-refractivity contribution is 5.95. The summed E-state index contributed by atoms with van der Waals surface area (Å²) >= 11 is 0. The average molecular weight is 285 g/mol. The Hall–Kier alpha value is -2.17. The maximum Gasteiger partial charge on any atom is 0.260 e. The van der Waals surface area contributed by atoms with E-state index in [1.54, 1.807) is 17.8 Å². The van der Waals surface area contributed by atoms with Crippen LogP contribution in [0.2, 0.25) is 0 Å². The summed E-state index contributed by atoms with van der Waals surface area (Å²) in [6.45, 7) is 4.07. The fourth-order valence-electron chi connectivity index (χ4n) is 2.46. The van der Waals surface area contributed by atoms with Crippen LogP contribution in [-0.2, 0) is 11.8 Å². The number of aromatic nitrogens is 2. The third-order valence-electron chi connectivity index (χ3n) is 3.89. The van der Waals surface area contributed by atoms with Crippen molar-refractivity contribution in [2.24, 2.45) is 13.0 Å². The molecular formula is C16H19N3O2. The largest absolute Gasteiger partial charge is 0.318 e. The third kappa shape index (κ3) is 2.55. The van der Waals surface area contributed by atoms with Gasteiger partial charge in [-0.1, -0.05) is 13.8 Å². The Labute approximate surface area is 123 Å². The molecule has 3 rings (SSSR count). The van der Waals surface area contributed by atoms with Crippen LogP contribution >= 0.6 is 0 Å². The zero-order valence-corrected chi connectivity index (χ0v) is 12.5. The van der Waals surface area contributed by atoms with Crippen molar-refractivity contribution in [3.8, 4) is 0 Å². The van der Waals surface area contributed by atoms with Crippen molar-refractivity contribution in [3.63, 3.8) is 0 Å². The summed E-state index contributed by atoms with van der Waals surface area (Å²) in [5.74, 6) is 0.882. The summed E-state index contributed by atoms with van der Waals surface area (Å²) in [5.41, 5.74) is 1.51. The van der Waals surface area contributed by atoms with Gasteiger partial charge in [-0.25, -0.2) is 4.98 Å². The van der Waals surface area contributed by atoms with Gasteiger partial charge in [0.15, 0.2) is 0 Å². The molecule has 0 radical (unpaired) electrons. The number of amides is 1. The van der Waals surface area contributed by atoms with E-state index >= 15 is 0 Å². The lowest BCUT2D eigenvalue weighted by molar-refractivity contribution is -0.117. The molecule has 1 fully saturated rings. The minimum absolute atomic E-state index is 0.0281. The molecule has 1 aliphatic carbocycles. The molecule has 5 heteroatoms. The summed E-state index contributed by atoms with van der Waals surface area (Å²) in [7, 11) is 1.73. The van der Waals surface area contributed by atoms with Crippen molar-refractivity contribution in [2.75, 3.05) is 5.32 Å². The van der Waals surface area contributed by atoms with E-state index in [9.17, 15) is 9.59 Å². The van der Waals surface area contributed by atoms with E-state index in [2.05, 4.69) is 10.3 Å². The second-order valence-corrected chi connectivity index (χ2v) is 6.01. The van der Waals surface area contributed by atoms with E-state index in [1.807, 2.05) is 26.0 Å². The number of carbonyl (C=O) groups excluding carboxylic acids is 1. The number of fused-ring (bicyclic) bond motifs is 1. The van der Waals surface area contributed by atoms with Crippen molar-refractivity contribution >= 4 is 22.6 Å². The van der Waals surface area contributed by atoms with E-state index in [0.717, 1.165) is 18.4 Å². The molecule has 0 unspecified atom stereocenters. The number of pyridine rings is 2. The molecule has 0 saturated heterocycles. The molecule has 2 aromatic heterocycles. The fourth-order valence-corrected chi connectivity index (χ4v) is 2.46. The zero-order valence-electron chi connectivity index (χ0n) is 12.5. The van der Waals surface area contributed by atoms with Crippen molar-refractivity contribution in [1.29, 1.82) is 0 Å². The van der Waals surface area contributed by atoms with Crippen molar-refractivity contribution < 1.29 is 4.79 Å². The molecule has 2 aromatic rings. The molecule has 0 spiro atoms. The van der Waals surface area contributed by atoms with E-state index in [4.69, 9.17) is 0 Å². The molecule has 1 N–H and O–H groups in total. The van der Waals surface area contributed by atoms with Gasteiger partial charge in [-0.3, -0.25) is 9.59 Å². The Morgan fingerprint density at radius 2 is 2.14 bits per heavy atom. The molecule has 5 nitrogen and oxygen atoms in total. The molecule has 1 saturated carbocycles. The predicted molar refractivity (Wildman–Crippen MR) is 82.4 cm³/mol. The van der Waals surface area contributed by atoms with Crippen LogP contribution < -0.4 is 10.9 Å². The summed E-state index contributed by atoms with van der Waals surface area (Å²) in [4.78, 5) is 28.7. The smallest absolute Gasteiger partial charge is 0.260 e. The second kappa shape index (κ2) is 4.98. The lowest BCUT2D eigenvalue weighted by Crippen LogP contribution is -2.19. The first-order chi connectivity index (χ1) is 9.97. The van der Waals surface area contributed by atoms with Crippen molar-refractivity contribution in [2.45, 2.75) is 32.6 Å². The lowest BCUT2D eigenvalue weighted by atomic mass is 9.99. The molecule has 1 amide bonds. The third-order valence-corrected chi connectivity index (χ3v) is 3.89. The minimum atomic E-state index is -0.0521. The van der Waals surface area contributed by atoms with Gasteiger partial charge >= 0.3 is 0 Å². The van der Waals surface area contributed by atoms with Crippen LogP contribution in [0.1, 0.15) is 38.2 Å². The highest BCUT2D eigenvalue weighted by Gasteiger charge is 2.30. The van der Waals surface area contributed by atoms with E-state index in [1.165, 1.54) is 0 Å². The first-order valence-electron chi connectivity index (χ1n) is 7.28. The van der Waals surface area contributed by atoms with E-state index in [0.29, 0.717) is 16.7 Å². The van der Waals surface area contributed by atoms with Crippen LogP contribution in [0.4, 0.5) is 5.82 Å². The van der Waals surface area contributed by atoms with Crippen LogP contribution in [0.5, 0.6) is 0 Å². The Kier molecular flexibility index (Phi) is 3.27. The van der Waals surface area contributed by atoms with E-state index in [-0.39, 0.29) is 23.3 Å². The molecule has 0 atom stereocenters. The number of rotatable bonds is 3. The number of nitrogens with zero attached hydrogens (tertiary/aromatic N) is 2. The molecule has 110 valence electrons. The summed E-state index contributed by atoms with van der Waals surface area (Å²) in [5, 5.41) is 3.50. The number of aryl methyl sites for hydroxylation is 1. The van der Waals surface area contributed by atoms with Gasteiger partial charge in [0.2, 0.25) is 5.91 Å². The Morgan fingerprint density at radius 3 is 2.76 bits per heavy atom. The summed E-state index contributed by atoms with van der Waals surface area (Å²) < 4.78 is 1.55. The monoisotopic (exact) mass is 285 g/mol. The molecule has 1 aliphatic rings. The highest BCUT2D eigenvalue weighted by Crippen LogP contribution is 2.31. The molecule has 0 aliphatic heterocycles. The lowest BCUT2D eigenvalue weighted by Gasteiger charge is -2.13. The normalized spacial score (nSPS) is 14.7. The van der Waals surface area contributed by atoms with Crippen LogP contribution in [0.15, 0.2) is 23.1 Å². The number of nitrogens with one attached hydrogen (secondary N) is 1. The maximum atomic E-state index is 12.3. The van der Waals surface area contributed by atoms with Crippen LogP contribution in [0.3, 0.4) is 0 Å². The average Bonchev–Trinajstić information content (AvgIpc) is 3.26. The van der Waals surface area contributed by atoms with E-state index < -0.39 is 0 Å².